The van der Waals surface area contributed by atoms with Crippen LogP contribution in [0.3, 0.4) is 0 Å². The average Bonchev–Trinajstić information content (AvgIpc) is 2.94. The Hall–Kier alpha value is -4.44. The minimum atomic E-state index is -0.0435. The fourth-order valence-corrected chi connectivity index (χ4v) is 3.78. The number of para-hydroxylation sites is 1. The lowest BCUT2D eigenvalue weighted by Crippen LogP contribution is -2.19. The number of amides is 1. The molecule has 36 heavy (non-hydrogen) atoms. The molecule has 0 radical (unpaired) electrons. The van der Waals surface area contributed by atoms with E-state index in [9.17, 15) is 9.59 Å². The van der Waals surface area contributed by atoms with Crippen molar-refractivity contribution in [2.24, 2.45) is 5.92 Å². The molecule has 4 aromatic rings. The normalized spacial score (nSPS) is 11.7. The third-order valence-corrected chi connectivity index (χ3v) is 6.10. The molecule has 4 rings (SSSR count). The molecule has 0 aliphatic heterocycles. The van der Waals surface area contributed by atoms with Crippen molar-refractivity contribution in [3.05, 3.63) is 126 Å². The summed E-state index contributed by atoms with van der Waals surface area (Å²) in [6.07, 6.45) is 4.23. The van der Waals surface area contributed by atoms with Crippen LogP contribution in [-0.2, 0) is 4.79 Å². The van der Waals surface area contributed by atoms with Gasteiger partial charge in [0.05, 0.1) is 0 Å². The third-order valence-electron chi connectivity index (χ3n) is 6.10. The quantitative estimate of drug-likeness (QED) is 0.197. The van der Waals surface area contributed by atoms with Crippen LogP contribution >= 0.6 is 0 Å². The van der Waals surface area contributed by atoms with E-state index >= 15 is 0 Å². The van der Waals surface area contributed by atoms with Gasteiger partial charge in [-0.05, 0) is 78.7 Å². The molecule has 180 valence electrons. The first-order valence-corrected chi connectivity index (χ1v) is 12.2. The number of carbonyl (C=O) groups is 2. The van der Waals surface area contributed by atoms with Crippen LogP contribution in [-0.4, -0.2) is 11.7 Å². The lowest BCUT2D eigenvalue weighted by molar-refractivity contribution is -0.119. The van der Waals surface area contributed by atoms with Gasteiger partial charge in [0.25, 0.3) is 0 Å². The second-order valence-electron chi connectivity index (χ2n) is 8.67. The largest absolute Gasteiger partial charge is 0.326 e. The summed E-state index contributed by atoms with van der Waals surface area (Å²) in [6, 6.07) is 35.2. The average molecular weight is 475 g/mol. The zero-order valence-electron chi connectivity index (χ0n) is 20.6. The van der Waals surface area contributed by atoms with E-state index in [0.29, 0.717) is 5.56 Å². The summed E-state index contributed by atoms with van der Waals surface area (Å²) in [4.78, 5) is 27.1. The van der Waals surface area contributed by atoms with E-state index in [2.05, 4.69) is 10.2 Å². The SMILES string of the molecule is CCC(C)C(=O)Nc1ccc(N(c2ccccc2)c2ccc(C(=O)C=Cc3ccccc3)cc2)cc1. The number of ketones is 1. The van der Waals surface area contributed by atoms with Crippen LogP contribution in [0.15, 0.2) is 115 Å². The molecule has 0 aliphatic carbocycles. The number of nitrogens with zero attached hydrogens (tertiary/aromatic N) is 1. The van der Waals surface area contributed by atoms with Gasteiger partial charge in [-0.2, -0.15) is 0 Å². The van der Waals surface area contributed by atoms with Crippen molar-refractivity contribution in [2.75, 3.05) is 10.2 Å². The van der Waals surface area contributed by atoms with Gasteiger partial charge in [-0.25, -0.2) is 0 Å². The zero-order chi connectivity index (χ0) is 25.3. The van der Waals surface area contributed by atoms with Crippen molar-refractivity contribution in [1.82, 2.24) is 0 Å². The summed E-state index contributed by atoms with van der Waals surface area (Å²) in [7, 11) is 0. The topological polar surface area (TPSA) is 49.4 Å². The summed E-state index contributed by atoms with van der Waals surface area (Å²) in [5.74, 6) is -0.0564. The highest BCUT2D eigenvalue weighted by molar-refractivity contribution is 6.07. The monoisotopic (exact) mass is 474 g/mol. The molecule has 0 spiro atoms. The smallest absolute Gasteiger partial charge is 0.227 e. The van der Waals surface area contributed by atoms with Gasteiger partial charge >= 0.3 is 0 Å². The number of hydrogen-bond acceptors (Lipinski definition) is 3. The molecule has 4 nitrogen and oxygen atoms in total. The van der Waals surface area contributed by atoms with Crippen molar-refractivity contribution in [3.8, 4) is 0 Å². The molecule has 0 aromatic heterocycles. The second kappa shape index (κ2) is 11.8. The number of hydrogen-bond donors (Lipinski definition) is 1. The number of benzene rings is 4. The minimum Gasteiger partial charge on any atom is -0.326 e. The van der Waals surface area contributed by atoms with Crippen LogP contribution in [0.25, 0.3) is 6.08 Å². The van der Waals surface area contributed by atoms with Crippen molar-refractivity contribution in [1.29, 1.82) is 0 Å². The molecular formula is C32H30N2O2. The van der Waals surface area contributed by atoms with Gasteiger partial charge in [0, 0.05) is 34.2 Å². The van der Waals surface area contributed by atoms with E-state index in [4.69, 9.17) is 0 Å². The van der Waals surface area contributed by atoms with Crippen LogP contribution in [0, 0.1) is 5.92 Å². The summed E-state index contributed by atoms with van der Waals surface area (Å²) in [5.41, 5.74) is 5.26. The van der Waals surface area contributed by atoms with Crippen molar-refractivity contribution >= 4 is 40.5 Å². The molecule has 1 N–H and O–H groups in total. The lowest BCUT2D eigenvalue weighted by atomic mass is 10.1. The molecule has 1 unspecified atom stereocenters. The molecule has 1 amide bonds. The maximum Gasteiger partial charge on any atom is 0.227 e. The number of rotatable bonds is 9. The first kappa shape index (κ1) is 24.7. The van der Waals surface area contributed by atoms with Crippen LogP contribution in [0.2, 0.25) is 0 Å². The van der Waals surface area contributed by atoms with Crippen molar-refractivity contribution < 1.29 is 9.59 Å². The number of carbonyl (C=O) groups excluding carboxylic acids is 2. The van der Waals surface area contributed by atoms with E-state index in [-0.39, 0.29) is 17.6 Å². The molecule has 0 saturated heterocycles. The summed E-state index contributed by atoms with van der Waals surface area (Å²) in [6.45, 7) is 3.93. The molecular weight excluding hydrogens is 444 g/mol. The minimum absolute atomic E-state index is 0.0201. The number of anilines is 4. The van der Waals surface area contributed by atoms with Gasteiger partial charge in [0.2, 0.25) is 5.91 Å². The van der Waals surface area contributed by atoms with Crippen LogP contribution in [0.1, 0.15) is 36.2 Å². The molecule has 0 aliphatic rings. The highest BCUT2D eigenvalue weighted by Crippen LogP contribution is 2.35. The third kappa shape index (κ3) is 6.16. The maximum absolute atomic E-state index is 12.7. The predicted molar refractivity (Wildman–Crippen MR) is 149 cm³/mol. The molecule has 0 bridgehead atoms. The van der Waals surface area contributed by atoms with Crippen molar-refractivity contribution in [2.45, 2.75) is 20.3 Å². The maximum atomic E-state index is 12.7. The van der Waals surface area contributed by atoms with E-state index in [1.807, 2.05) is 129 Å². The van der Waals surface area contributed by atoms with Crippen LogP contribution in [0.5, 0.6) is 0 Å². The Morgan fingerprint density at radius 1 is 0.750 bits per heavy atom. The number of nitrogens with one attached hydrogen (secondary N) is 1. The Morgan fingerprint density at radius 2 is 1.28 bits per heavy atom. The first-order valence-electron chi connectivity index (χ1n) is 12.2. The Bertz CT molecular complexity index is 1310. The molecule has 4 heteroatoms. The van der Waals surface area contributed by atoms with Gasteiger partial charge < -0.3 is 10.2 Å². The second-order valence-corrected chi connectivity index (χ2v) is 8.67. The van der Waals surface area contributed by atoms with Gasteiger partial charge in [-0.15, -0.1) is 0 Å². The molecule has 0 fully saturated rings. The molecule has 1 atom stereocenters. The van der Waals surface area contributed by atoms with Crippen LogP contribution < -0.4 is 10.2 Å². The Labute approximate surface area is 212 Å². The zero-order valence-corrected chi connectivity index (χ0v) is 20.6. The summed E-state index contributed by atoms with van der Waals surface area (Å²) in [5, 5.41) is 2.98. The molecule has 4 aromatic carbocycles. The summed E-state index contributed by atoms with van der Waals surface area (Å²) < 4.78 is 0. The molecule has 0 saturated carbocycles. The molecule has 0 heterocycles. The Kier molecular flexibility index (Phi) is 8.09. The fourth-order valence-electron chi connectivity index (χ4n) is 3.78. The predicted octanol–water partition coefficient (Wildman–Crippen LogP) is 8.04. The highest BCUT2D eigenvalue weighted by Gasteiger charge is 2.14. The highest BCUT2D eigenvalue weighted by atomic mass is 16.1. The van der Waals surface area contributed by atoms with E-state index in [0.717, 1.165) is 34.7 Å². The van der Waals surface area contributed by atoms with E-state index < -0.39 is 0 Å². The Balaban J connectivity index is 1.57. The Morgan fingerprint density at radius 3 is 1.86 bits per heavy atom. The summed E-state index contributed by atoms with van der Waals surface area (Å²) >= 11 is 0. The van der Waals surface area contributed by atoms with Gasteiger partial charge in [-0.3, -0.25) is 9.59 Å². The van der Waals surface area contributed by atoms with Gasteiger partial charge in [-0.1, -0.05) is 68.5 Å². The van der Waals surface area contributed by atoms with E-state index in [1.54, 1.807) is 6.08 Å². The lowest BCUT2D eigenvalue weighted by Gasteiger charge is -2.25. The standard InChI is InChI=1S/C32H30N2O2/c1-3-24(2)32(36)33-27-17-21-30(22-18-27)34(28-12-8-5-9-13-28)29-19-15-26(16-20-29)31(35)23-14-25-10-6-4-7-11-25/h4-24H,3H2,1-2H3,(H,33,36). The van der Waals surface area contributed by atoms with Crippen molar-refractivity contribution in [3.63, 3.8) is 0 Å². The number of allylic oxidation sites excluding steroid dienone is 1. The van der Waals surface area contributed by atoms with Gasteiger partial charge in [0.1, 0.15) is 0 Å². The van der Waals surface area contributed by atoms with Gasteiger partial charge in [0.15, 0.2) is 5.78 Å². The van der Waals surface area contributed by atoms with Crippen LogP contribution in [0.4, 0.5) is 22.7 Å². The van der Waals surface area contributed by atoms with E-state index in [1.165, 1.54) is 0 Å². The fraction of sp³-hybridized carbons (Fsp3) is 0.125. The first-order chi connectivity index (χ1) is 17.5.